The molecule has 0 radical (unpaired) electrons. The number of ether oxygens (including phenoxy) is 1. The van der Waals surface area contributed by atoms with Crippen molar-refractivity contribution in [3.05, 3.63) is 64.7 Å². The number of carbonyl (C=O) groups excluding carboxylic acids is 1. The molecule has 0 bridgehead atoms. The van der Waals surface area contributed by atoms with Crippen LogP contribution in [0.4, 0.5) is 0 Å². The van der Waals surface area contributed by atoms with Crippen LogP contribution in [0.5, 0.6) is 5.75 Å². The summed E-state index contributed by atoms with van der Waals surface area (Å²) in [5.41, 5.74) is 3.41. The molecule has 7 heteroatoms. The molecule has 3 aromatic rings. The van der Waals surface area contributed by atoms with E-state index in [4.69, 9.17) is 4.74 Å². The molecule has 1 aliphatic carbocycles. The number of amides is 1. The van der Waals surface area contributed by atoms with Gasteiger partial charge in [0.1, 0.15) is 11.3 Å². The first-order valence-corrected chi connectivity index (χ1v) is 11.4. The normalized spacial score (nSPS) is 13.7. The SMILES string of the molecule is CCOc1ccc(-c2cc3c(=O)n(CCC(=O)NCCC4=CCCCC4)ccn3n2)cc1. The highest BCUT2D eigenvalue weighted by Gasteiger charge is 2.11. The second-order valence-electron chi connectivity index (χ2n) is 8.07. The highest BCUT2D eigenvalue weighted by atomic mass is 16.5. The van der Waals surface area contributed by atoms with Gasteiger partial charge in [-0.2, -0.15) is 5.10 Å². The molecule has 2 aromatic heterocycles. The molecule has 0 spiro atoms. The van der Waals surface area contributed by atoms with Gasteiger partial charge in [0.05, 0.1) is 12.3 Å². The van der Waals surface area contributed by atoms with Gasteiger partial charge in [0.25, 0.3) is 5.56 Å². The fourth-order valence-corrected chi connectivity index (χ4v) is 4.04. The third-order valence-electron chi connectivity index (χ3n) is 5.80. The van der Waals surface area contributed by atoms with Crippen molar-refractivity contribution < 1.29 is 9.53 Å². The third kappa shape index (κ3) is 5.28. The molecule has 1 aliphatic rings. The molecule has 0 unspecified atom stereocenters. The number of benzene rings is 1. The topological polar surface area (TPSA) is 77.6 Å². The van der Waals surface area contributed by atoms with Crippen LogP contribution in [0, 0.1) is 0 Å². The first-order valence-electron chi connectivity index (χ1n) is 11.4. The molecule has 7 nitrogen and oxygen atoms in total. The van der Waals surface area contributed by atoms with Crippen molar-refractivity contribution in [1.29, 1.82) is 0 Å². The van der Waals surface area contributed by atoms with Gasteiger partial charge in [0, 0.05) is 37.5 Å². The molecule has 0 saturated carbocycles. The first-order chi connectivity index (χ1) is 15.6. The zero-order chi connectivity index (χ0) is 22.3. The summed E-state index contributed by atoms with van der Waals surface area (Å²) in [6, 6.07) is 9.43. The van der Waals surface area contributed by atoms with Gasteiger partial charge in [-0.3, -0.25) is 9.59 Å². The third-order valence-corrected chi connectivity index (χ3v) is 5.80. The lowest BCUT2D eigenvalue weighted by molar-refractivity contribution is -0.121. The number of carbonyl (C=O) groups is 1. The number of allylic oxidation sites excluding steroid dienone is 1. The van der Waals surface area contributed by atoms with Gasteiger partial charge in [0.2, 0.25) is 5.91 Å². The summed E-state index contributed by atoms with van der Waals surface area (Å²) in [5, 5.41) is 7.49. The van der Waals surface area contributed by atoms with E-state index in [2.05, 4.69) is 16.5 Å². The van der Waals surface area contributed by atoms with E-state index < -0.39 is 0 Å². The van der Waals surface area contributed by atoms with Crippen LogP contribution in [0.25, 0.3) is 16.8 Å². The summed E-state index contributed by atoms with van der Waals surface area (Å²) in [5.74, 6) is 0.771. The maximum Gasteiger partial charge on any atom is 0.276 e. The predicted molar refractivity (Wildman–Crippen MR) is 125 cm³/mol. The van der Waals surface area contributed by atoms with E-state index in [-0.39, 0.29) is 17.9 Å². The Bertz CT molecular complexity index is 1160. The molecule has 4 rings (SSSR count). The Balaban J connectivity index is 1.37. The molecule has 0 aliphatic heterocycles. The molecule has 2 heterocycles. The zero-order valence-corrected chi connectivity index (χ0v) is 18.5. The number of nitrogens with zero attached hydrogens (tertiary/aromatic N) is 3. The van der Waals surface area contributed by atoms with E-state index in [1.807, 2.05) is 31.2 Å². The van der Waals surface area contributed by atoms with E-state index in [1.54, 1.807) is 27.5 Å². The Morgan fingerprint density at radius 3 is 2.78 bits per heavy atom. The Hall–Kier alpha value is -3.35. The van der Waals surface area contributed by atoms with E-state index in [0.29, 0.717) is 25.2 Å². The molecule has 1 N–H and O–H groups in total. The van der Waals surface area contributed by atoms with Crippen LogP contribution in [0.15, 0.2) is 59.2 Å². The summed E-state index contributed by atoms with van der Waals surface area (Å²) in [6.07, 6.45) is 11.8. The quantitative estimate of drug-likeness (QED) is 0.517. The Morgan fingerprint density at radius 1 is 1.19 bits per heavy atom. The zero-order valence-electron chi connectivity index (χ0n) is 18.5. The molecule has 0 atom stereocenters. The summed E-state index contributed by atoms with van der Waals surface area (Å²) in [6.45, 7) is 3.56. The second kappa shape index (κ2) is 10.3. The molecule has 0 fully saturated rings. The number of hydrogen-bond acceptors (Lipinski definition) is 4. The Labute approximate surface area is 187 Å². The van der Waals surface area contributed by atoms with Crippen molar-refractivity contribution in [2.75, 3.05) is 13.2 Å². The van der Waals surface area contributed by atoms with Gasteiger partial charge in [-0.05, 0) is 69.4 Å². The van der Waals surface area contributed by atoms with Crippen molar-refractivity contribution in [3.8, 4) is 17.0 Å². The summed E-state index contributed by atoms with van der Waals surface area (Å²) >= 11 is 0. The van der Waals surface area contributed by atoms with Crippen LogP contribution in [0.1, 0.15) is 45.4 Å². The largest absolute Gasteiger partial charge is 0.494 e. The van der Waals surface area contributed by atoms with Gasteiger partial charge in [-0.15, -0.1) is 0 Å². The standard InChI is InChI=1S/C25H30N4O3/c1-2-32-21-10-8-20(9-11-21)22-18-23-25(31)28(16-17-29(23)27-22)15-13-24(30)26-14-12-19-6-4-3-5-7-19/h6,8-11,16-18H,2-5,7,12-15H2,1H3,(H,26,30). The lowest BCUT2D eigenvalue weighted by atomic mass is 9.97. The summed E-state index contributed by atoms with van der Waals surface area (Å²) < 4.78 is 8.64. The van der Waals surface area contributed by atoms with Crippen LogP contribution in [0.3, 0.4) is 0 Å². The molecule has 32 heavy (non-hydrogen) atoms. The van der Waals surface area contributed by atoms with Gasteiger partial charge >= 0.3 is 0 Å². The Kier molecular flexibility index (Phi) is 7.04. The fourth-order valence-electron chi connectivity index (χ4n) is 4.04. The first kappa shape index (κ1) is 21.9. The number of aryl methyl sites for hydroxylation is 1. The van der Waals surface area contributed by atoms with Crippen LogP contribution in [-0.4, -0.2) is 33.2 Å². The predicted octanol–water partition coefficient (Wildman–Crippen LogP) is 3.96. The number of fused-ring (bicyclic) bond motifs is 1. The van der Waals surface area contributed by atoms with Crippen molar-refractivity contribution >= 4 is 11.4 Å². The average molecular weight is 435 g/mol. The molecule has 168 valence electrons. The van der Waals surface area contributed by atoms with Crippen molar-refractivity contribution in [1.82, 2.24) is 19.5 Å². The highest BCUT2D eigenvalue weighted by Crippen LogP contribution is 2.22. The number of rotatable bonds is 9. The number of aromatic nitrogens is 3. The molecular weight excluding hydrogens is 404 g/mol. The lowest BCUT2D eigenvalue weighted by Crippen LogP contribution is -2.28. The molecular formula is C25H30N4O3. The smallest absolute Gasteiger partial charge is 0.276 e. The van der Waals surface area contributed by atoms with E-state index >= 15 is 0 Å². The minimum absolute atomic E-state index is 0.0308. The summed E-state index contributed by atoms with van der Waals surface area (Å²) in [7, 11) is 0. The number of nitrogens with one attached hydrogen (secondary N) is 1. The molecule has 1 aromatic carbocycles. The molecule has 1 amide bonds. The minimum atomic E-state index is -0.155. The minimum Gasteiger partial charge on any atom is -0.494 e. The van der Waals surface area contributed by atoms with Gasteiger partial charge in [-0.25, -0.2) is 4.52 Å². The number of hydrogen-bond donors (Lipinski definition) is 1. The van der Waals surface area contributed by atoms with Gasteiger partial charge in [-0.1, -0.05) is 11.6 Å². The van der Waals surface area contributed by atoms with E-state index in [9.17, 15) is 9.59 Å². The second-order valence-corrected chi connectivity index (χ2v) is 8.07. The summed E-state index contributed by atoms with van der Waals surface area (Å²) in [4.78, 5) is 25.1. The highest BCUT2D eigenvalue weighted by molar-refractivity contribution is 5.75. The van der Waals surface area contributed by atoms with Gasteiger partial charge < -0.3 is 14.6 Å². The van der Waals surface area contributed by atoms with Gasteiger partial charge in [0.15, 0.2) is 0 Å². The monoisotopic (exact) mass is 434 g/mol. The van der Waals surface area contributed by atoms with Crippen molar-refractivity contribution in [2.45, 2.75) is 52.0 Å². The lowest BCUT2D eigenvalue weighted by Gasteiger charge is -2.13. The van der Waals surface area contributed by atoms with Crippen molar-refractivity contribution in [3.63, 3.8) is 0 Å². The van der Waals surface area contributed by atoms with Crippen LogP contribution in [0.2, 0.25) is 0 Å². The van der Waals surface area contributed by atoms with E-state index in [0.717, 1.165) is 36.3 Å². The van der Waals surface area contributed by atoms with E-state index in [1.165, 1.54) is 18.4 Å². The average Bonchev–Trinajstić information content (AvgIpc) is 3.25. The fraction of sp³-hybridized carbons (Fsp3) is 0.400. The maximum atomic E-state index is 12.9. The van der Waals surface area contributed by atoms with Crippen LogP contribution in [-0.2, 0) is 11.3 Å². The maximum absolute atomic E-state index is 12.9. The Morgan fingerprint density at radius 2 is 2.03 bits per heavy atom. The van der Waals surface area contributed by atoms with Crippen LogP contribution >= 0.6 is 0 Å². The van der Waals surface area contributed by atoms with Crippen molar-refractivity contribution in [2.24, 2.45) is 0 Å². The molecule has 0 saturated heterocycles. The van der Waals surface area contributed by atoms with Crippen LogP contribution < -0.4 is 15.6 Å².